The second-order valence-corrected chi connectivity index (χ2v) is 3.81. The van der Waals surface area contributed by atoms with Crippen molar-refractivity contribution >= 4 is 0 Å². The maximum atomic E-state index is 7.00. The summed E-state index contributed by atoms with van der Waals surface area (Å²) in [5.41, 5.74) is 0. The van der Waals surface area contributed by atoms with Gasteiger partial charge in [0, 0.05) is 13.2 Å². The lowest BCUT2D eigenvalue weighted by Gasteiger charge is -2.33. The van der Waals surface area contributed by atoms with Crippen LogP contribution in [0.25, 0.3) is 0 Å². The number of likely N-dealkylation sites (tertiary alicyclic amines) is 1. The average molecular weight is 173 g/mol. The van der Waals surface area contributed by atoms with Crippen molar-refractivity contribution in [2.45, 2.75) is 39.7 Å². The predicted molar refractivity (Wildman–Crippen MR) is 53.2 cm³/mol. The van der Waals surface area contributed by atoms with E-state index in [1.165, 1.54) is 25.9 Å². The number of aliphatic hydroxyl groups excluding tert-OH is 1. The fourth-order valence-electron chi connectivity index (χ4n) is 1.54. The molecule has 0 unspecified atom stereocenters. The van der Waals surface area contributed by atoms with Crippen molar-refractivity contribution in [3.8, 4) is 0 Å². The van der Waals surface area contributed by atoms with Gasteiger partial charge in [0.15, 0.2) is 0 Å². The zero-order valence-electron chi connectivity index (χ0n) is 8.88. The molecule has 0 aliphatic carbocycles. The first-order valence-corrected chi connectivity index (χ1v) is 4.89. The Morgan fingerprint density at radius 1 is 1.17 bits per heavy atom. The minimum Gasteiger partial charge on any atom is -0.400 e. The summed E-state index contributed by atoms with van der Waals surface area (Å²) in [5.74, 6) is 0.968. The SMILES string of the molecule is CC1CCN(C(C)C)CC1.CO. The first-order valence-electron chi connectivity index (χ1n) is 4.89. The molecule has 1 aliphatic heterocycles. The molecule has 0 aromatic carbocycles. The van der Waals surface area contributed by atoms with E-state index in [0.717, 1.165) is 19.1 Å². The van der Waals surface area contributed by atoms with Crippen LogP contribution in [-0.4, -0.2) is 36.2 Å². The second kappa shape index (κ2) is 6.44. The molecule has 1 saturated heterocycles. The molecule has 0 amide bonds. The van der Waals surface area contributed by atoms with Crippen molar-refractivity contribution < 1.29 is 5.11 Å². The Hall–Kier alpha value is -0.0800. The van der Waals surface area contributed by atoms with Gasteiger partial charge in [-0.15, -0.1) is 0 Å². The lowest BCUT2D eigenvalue weighted by atomic mass is 9.98. The molecule has 74 valence electrons. The van der Waals surface area contributed by atoms with Crippen LogP contribution in [-0.2, 0) is 0 Å². The quantitative estimate of drug-likeness (QED) is 0.653. The predicted octanol–water partition coefficient (Wildman–Crippen LogP) is 1.74. The third-order valence-corrected chi connectivity index (χ3v) is 2.55. The van der Waals surface area contributed by atoms with E-state index in [4.69, 9.17) is 5.11 Å². The highest BCUT2D eigenvalue weighted by atomic mass is 16.2. The summed E-state index contributed by atoms with van der Waals surface area (Å²) in [6, 6.07) is 0.757. The smallest absolute Gasteiger partial charge is 0.0319 e. The van der Waals surface area contributed by atoms with Gasteiger partial charge in [-0.3, -0.25) is 0 Å². The molecule has 1 fully saturated rings. The molecule has 1 aliphatic rings. The minimum absolute atomic E-state index is 0.757. The number of nitrogens with zero attached hydrogens (tertiary/aromatic N) is 1. The largest absolute Gasteiger partial charge is 0.400 e. The first-order chi connectivity index (χ1) is 5.70. The van der Waals surface area contributed by atoms with Crippen LogP contribution in [0, 0.1) is 5.92 Å². The van der Waals surface area contributed by atoms with Crippen LogP contribution in [0.4, 0.5) is 0 Å². The molecule has 2 heteroatoms. The third-order valence-electron chi connectivity index (χ3n) is 2.55. The molecule has 2 nitrogen and oxygen atoms in total. The fourth-order valence-corrected chi connectivity index (χ4v) is 1.54. The summed E-state index contributed by atoms with van der Waals surface area (Å²) in [6.45, 7) is 9.57. The van der Waals surface area contributed by atoms with Gasteiger partial charge >= 0.3 is 0 Å². The van der Waals surface area contributed by atoms with Gasteiger partial charge in [-0.25, -0.2) is 0 Å². The van der Waals surface area contributed by atoms with E-state index in [1.54, 1.807) is 0 Å². The number of aliphatic hydroxyl groups is 1. The van der Waals surface area contributed by atoms with E-state index >= 15 is 0 Å². The second-order valence-electron chi connectivity index (χ2n) is 3.81. The van der Waals surface area contributed by atoms with E-state index in [1.807, 2.05) is 0 Å². The molecule has 0 bridgehead atoms. The zero-order chi connectivity index (χ0) is 9.56. The lowest BCUT2D eigenvalue weighted by Crippen LogP contribution is -2.37. The maximum absolute atomic E-state index is 7.00. The van der Waals surface area contributed by atoms with Crippen molar-refractivity contribution in [3.05, 3.63) is 0 Å². The van der Waals surface area contributed by atoms with Gasteiger partial charge in [0.2, 0.25) is 0 Å². The van der Waals surface area contributed by atoms with Crippen molar-refractivity contribution in [2.75, 3.05) is 20.2 Å². The van der Waals surface area contributed by atoms with Crippen LogP contribution in [0.3, 0.4) is 0 Å². The van der Waals surface area contributed by atoms with Gasteiger partial charge in [0.1, 0.15) is 0 Å². The van der Waals surface area contributed by atoms with E-state index in [0.29, 0.717) is 0 Å². The van der Waals surface area contributed by atoms with Crippen LogP contribution in [0.5, 0.6) is 0 Å². The summed E-state index contributed by atoms with van der Waals surface area (Å²) >= 11 is 0. The minimum atomic E-state index is 0.757. The van der Waals surface area contributed by atoms with Gasteiger partial charge in [-0.2, -0.15) is 0 Å². The van der Waals surface area contributed by atoms with Crippen LogP contribution in [0.15, 0.2) is 0 Å². The molecule has 0 aromatic rings. The Bertz CT molecular complexity index is 96.0. The monoisotopic (exact) mass is 173 g/mol. The Balaban J connectivity index is 0.000000561. The van der Waals surface area contributed by atoms with Gasteiger partial charge in [0.25, 0.3) is 0 Å². The highest BCUT2D eigenvalue weighted by Crippen LogP contribution is 2.17. The number of rotatable bonds is 1. The van der Waals surface area contributed by atoms with Crippen LogP contribution < -0.4 is 0 Å². The van der Waals surface area contributed by atoms with Gasteiger partial charge in [0.05, 0.1) is 0 Å². The molecule has 0 aromatic heterocycles. The average Bonchev–Trinajstić information content (AvgIpc) is 2.09. The van der Waals surface area contributed by atoms with Gasteiger partial charge in [-0.05, 0) is 45.7 Å². The topological polar surface area (TPSA) is 23.5 Å². The first kappa shape index (κ1) is 11.9. The van der Waals surface area contributed by atoms with Crippen molar-refractivity contribution in [2.24, 2.45) is 5.92 Å². The summed E-state index contributed by atoms with van der Waals surface area (Å²) in [5, 5.41) is 7.00. The highest BCUT2D eigenvalue weighted by molar-refractivity contribution is 4.71. The Labute approximate surface area is 76.6 Å². The van der Waals surface area contributed by atoms with Crippen LogP contribution in [0.2, 0.25) is 0 Å². The highest BCUT2D eigenvalue weighted by Gasteiger charge is 2.16. The molecule has 0 radical (unpaired) electrons. The van der Waals surface area contributed by atoms with Gasteiger partial charge < -0.3 is 10.0 Å². The van der Waals surface area contributed by atoms with Crippen molar-refractivity contribution in [3.63, 3.8) is 0 Å². The van der Waals surface area contributed by atoms with Gasteiger partial charge in [-0.1, -0.05) is 6.92 Å². The molecule has 0 spiro atoms. The Kier molecular flexibility index (Phi) is 6.39. The molecule has 1 rings (SSSR count). The molecular formula is C10H23NO. The number of hydrogen-bond acceptors (Lipinski definition) is 2. The van der Waals surface area contributed by atoms with Crippen LogP contribution in [0.1, 0.15) is 33.6 Å². The van der Waals surface area contributed by atoms with E-state index in [-0.39, 0.29) is 0 Å². The third kappa shape index (κ3) is 4.07. The summed E-state index contributed by atoms with van der Waals surface area (Å²) in [7, 11) is 1.00. The normalized spacial score (nSPS) is 20.5. The van der Waals surface area contributed by atoms with E-state index in [9.17, 15) is 0 Å². The van der Waals surface area contributed by atoms with Crippen LogP contribution >= 0.6 is 0 Å². The lowest BCUT2D eigenvalue weighted by molar-refractivity contribution is 0.156. The van der Waals surface area contributed by atoms with E-state index < -0.39 is 0 Å². The summed E-state index contributed by atoms with van der Waals surface area (Å²) in [6.07, 6.45) is 2.80. The Morgan fingerprint density at radius 2 is 1.58 bits per heavy atom. The molecule has 0 saturated carbocycles. The molecule has 0 atom stereocenters. The summed E-state index contributed by atoms with van der Waals surface area (Å²) < 4.78 is 0. The van der Waals surface area contributed by atoms with Crippen molar-refractivity contribution in [1.29, 1.82) is 0 Å². The summed E-state index contributed by atoms with van der Waals surface area (Å²) in [4.78, 5) is 2.57. The molecule has 1 heterocycles. The maximum Gasteiger partial charge on any atom is 0.0319 e. The molecule has 12 heavy (non-hydrogen) atoms. The number of piperidine rings is 1. The van der Waals surface area contributed by atoms with E-state index in [2.05, 4.69) is 25.7 Å². The van der Waals surface area contributed by atoms with Crippen molar-refractivity contribution in [1.82, 2.24) is 4.90 Å². The number of hydrogen-bond donors (Lipinski definition) is 1. The molecule has 1 N–H and O–H groups in total. The standard InChI is InChI=1S/C9H19N.CH4O/c1-8(2)10-6-4-9(3)5-7-10;1-2/h8-9H,4-7H2,1-3H3;2H,1H3. The zero-order valence-corrected chi connectivity index (χ0v) is 8.88. The Morgan fingerprint density at radius 3 is 1.92 bits per heavy atom. The fraction of sp³-hybridized carbons (Fsp3) is 1.00. The molecular weight excluding hydrogens is 150 g/mol.